The van der Waals surface area contributed by atoms with E-state index in [2.05, 4.69) is 46.4 Å². The van der Waals surface area contributed by atoms with Crippen LogP contribution in [0.4, 0.5) is 0 Å². The summed E-state index contributed by atoms with van der Waals surface area (Å²) in [5.41, 5.74) is -0.606. The first-order valence-corrected chi connectivity index (χ1v) is 25.6. The van der Waals surface area contributed by atoms with Crippen LogP contribution in [0.3, 0.4) is 0 Å². The third-order valence-electron chi connectivity index (χ3n) is 12.3. The normalized spacial score (nSPS) is 12.0. The second kappa shape index (κ2) is 41.6. The van der Waals surface area contributed by atoms with Crippen molar-refractivity contribution in [3.8, 4) is 0 Å². The van der Waals surface area contributed by atoms with Crippen LogP contribution >= 0.6 is 0 Å². The van der Waals surface area contributed by atoms with Gasteiger partial charge in [-0.15, -0.1) is 0 Å². The molecule has 57 heavy (non-hydrogen) atoms. The molecule has 6 heteroatoms. The van der Waals surface area contributed by atoms with Gasteiger partial charge in [-0.2, -0.15) is 0 Å². The van der Waals surface area contributed by atoms with E-state index in [-0.39, 0.29) is 23.8 Å². The fourth-order valence-corrected chi connectivity index (χ4v) is 8.56. The predicted molar refractivity (Wildman–Crippen MR) is 246 cm³/mol. The van der Waals surface area contributed by atoms with Gasteiger partial charge in [-0.25, -0.2) is 0 Å². The van der Waals surface area contributed by atoms with Gasteiger partial charge in [0.2, 0.25) is 0 Å². The minimum absolute atomic E-state index is 0.0341. The van der Waals surface area contributed by atoms with Crippen LogP contribution in [0, 0.1) is 11.8 Å². The molecule has 0 aromatic carbocycles. The van der Waals surface area contributed by atoms with Crippen molar-refractivity contribution in [1.29, 1.82) is 0 Å². The van der Waals surface area contributed by atoms with Crippen LogP contribution in [0.15, 0.2) is 0 Å². The quantitative estimate of drug-likeness (QED) is 0.0488. The molecule has 0 aliphatic rings. The average molecular weight is 808 g/mol. The summed E-state index contributed by atoms with van der Waals surface area (Å²) in [5, 5.41) is 11.9. The SMILES string of the molecule is CCCCCCC(CCCCCC)C(=O)OCCCCCCC(O)(CCCCCCOC(=O)C(CCCCCC)CCCCCC)CCCCN(CCC)CCC. The molecule has 0 aromatic rings. The maximum Gasteiger partial charge on any atom is 0.308 e. The highest BCUT2D eigenvalue weighted by Crippen LogP contribution is 2.29. The Balaban J connectivity index is 4.82. The second-order valence-corrected chi connectivity index (χ2v) is 18.0. The molecule has 0 saturated carbocycles. The van der Waals surface area contributed by atoms with Crippen molar-refractivity contribution in [1.82, 2.24) is 4.90 Å². The molecule has 0 saturated heterocycles. The minimum atomic E-state index is -0.606. The molecule has 0 aromatic heterocycles. The summed E-state index contributed by atoms with van der Waals surface area (Å²) in [4.78, 5) is 28.6. The zero-order valence-corrected chi connectivity index (χ0v) is 39.5. The van der Waals surface area contributed by atoms with Crippen molar-refractivity contribution >= 4 is 11.9 Å². The molecule has 6 nitrogen and oxygen atoms in total. The van der Waals surface area contributed by atoms with Gasteiger partial charge in [0.1, 0.15) is 0 Å². The zero-order valence-electron chi connectivity index (χ0n) is 39.5. The van der Waals surface area contributed by atoms with Gasteiger partial charge in [0, 0.05) is 0 Å². The Kier molecular flexibility index (Phi) is 40.8. The fourth-order valence-electron chi connectivity index (χ4n) is 8.56. The molecule has 340 valence electrons. The standard InChI is InChI=1S/C51H101NO5/c1-7-13-17-25-35-47(36-26-18-14-8-2)49(53)56-45-33-23-21-29-39-51(55,41-31-32-44-52(42-11-5)43-12-6)40-30-22-24-34-46-57-50(54)48(37-27-19-15-9-3)38-28-20-16-10-4/h47-48,55H,7-46H2,1-6H3. The molecular weight excluding hydrogens is 707 g/mol. The number of rotatable bonds is 45. The number of unbranched alkanes of at least 4 members (excludes halogenated alkanes) is 19. The Morgan fingerprint density at radius 2 is 0.719 bits per heavy atom. The van der Waals surface area contributed by atoms with Gasteiger partial charge in [0.15, 0.2) is 0 Å². The maximum atomic E-state index is 13.0. The first-order valence-electron chi connectivity index (χ1n) is 25.6. The van der Waals surface area contributed by atoms with Crippen LogP contribution < -0.4 is 0 Å². The minimum Gasteiger partial charge on any atom is -0.465 e. The summed E-state index contributed by atoms with van der Waals surface area (Å²) in [5.74, 6) is 0.211. The van der Waals surface area contributed by atoms with Crippen molar-refractivity contribution in [2.75, 3.05) is 32.8 Å². The Morgan fingerprint density at radius 1 is 0.404 bits per heavy atom. The molecule has 0 radical (unpaired) electrons. The highest BCUT2D eigenvalue weighted by Gasteiger charge is 2.26. The molecule has 0 amide bonds. The number of nitrogens with zero attached hydrogens (tertiary/aromatic N) is 1. The second-order valence-electron chi connectivity index (χ2n) is 18.0. The van der Waals surface area contributed by atoms with Crippen LogP contribution in [0.2, 0.25) is 0 Å². The van der Waals surface area contributed by atoms with Gasteiger partial charge in [0.05, 0.1) is 30.7 Å². The van der Waals surface area contributed by atoms with Crippen LogP contribution in [0.1, 0.15) is 266 Å². The van der Waals surface area contributed by atoms with Gasteiger partial charge in [-0.3, -0.25) is 9.59 Å². The van der Waals surface area contributed by atoms with E-state index in [1.54, 1.807) is 0 Å². The van der Waals surface area contributed by atoms with Gasteiger partial charge >= 0.3 is 11.9 Å². The van der Waals surface area contributed by atoms with Crippen LogP contribution in [-0.4, -0.2) is 60.4 Å². The number of aliphatic hydroxyl groups is 1. The first-order chi connectivity index (χ1) is 27.8. The topological polar surface area (TPSA) is 76.1 Å². The molecule has 0 atom stereocenters. The van der Waals surface area contributed by atoms with Crippen LogP contribution in [0.25, 0.3) is 0 Å². The highest BCUT2D eigenvalue weighted by atomic mass is 16.5. The predicted octanol–water partition coefficient (Wildman–Crippen LogP) is 15.1. The maximum absolute atomic E-state index is 13.0. The summed E-state index contributed by atoms with van der Waals surface area (Å²) >= 11 is 0. The Hall–Kier alpha value is -1.14. The number of esters is 2. The number of hydrogen-bond acceptors (Lipinski definition) is 6. The van der Waals surface area contributed by atoms with E-state index in [0.29, 0.717) is 13.2 Å². The van der Waals surface area contributed by atoms with Crippen molar-refractivity contribution in [2.45, 2.75) is 272 Å². The average Bonchev–Trinajstić information content (AvgIpc) is 3.20. The monoisotopic (exact) mass is 808 g/mol. The summed E-state index contributed by atoms with van der Waals surface area (Å²) in [6.07, 6.45) is 38.5. The van der Waals surface area contributed by atoms with E-state index in [1.807, 2.05) is 0 Å². The van der Waals surface area contributed by atoms with Gasteiger partial charge in [-0.1, -0.05) is 183 Å². The lowest BCUT2D eigenvalue weighted by molar-refractivity contribution is -0.150. The zero-order chi connectivity index (χ0) is 42.1. The number of carbonyl (C=O) groups is 2. The largest absolute Gasteiger partial charge is 0.465 e. The molecule has 0 spiro atoms. The number of hydrogen-bond donors (Lipinski definition) is 1. The van der Waals surface area contributed by atoms with Crippen molar-refractivity contribution in [3.05, 3.63) is 0 Å². The van der Waals surface area contributed by atoms with Crippen LogP contribution in [0.5, 0.6) is 0 Å². The summed E-state index contributed by atoms with van der Waals surface area (Å²) in [6, 6.07) is 0. The third kappa shape index (κ3) is 34.3. The van der Waals surface area contributed by atoms with Crippen LogP contribution in [-0.2, 0) is 19.1 Å². The van der Waals surface area contributed by atoms with Gasteiger partial charge in [0.25, 0.3) is 0 Å². The molecule has 0 unspecified atom stereocenters. The Bertz CT molecular complexity index is 781. The Labute approximate surface area is 356 Å². The van der Waals surface area contributed by atoms with E-state index in [4.69, 9.17) is 9.47 Å². The Morgan fingerprint density at radius 3 is 1.05 bits per heavy atom. The highest BCUT2D eigenvalue weighted by molar-refractivity contribution is 5.72. The number of carbonyl (C=O) groups excluding carboxylic acids is 2. The van der Waals surface area contributed by atoms with Gasteiger partial charge < -0.3 is 19.5 Å². The van der Waals surface area contributed by atoms with Crippen molar-refractivity contribution < 1.29 is 24.2 Å². The molecule has 1 N–H and O–H groups in total. The lowest BCUT2D eigenvalue weighted by atomic mass is 9.85. The molecule has 0 rings (SSSR count). The summed E-state index contributed by atoms with van der Waals surface area (Å²) in [6.45, 7) is 18.0. The van der Waals surface area contributed by atoms with E-state index >= 15 is 0 Å². The molecular formula is C51H101NO5. The van der Waals surface area contributed by atoms with E-state index in [1.165, 1.54) is 103 Å². The smallest absolute Gasteiger partial charge is 0.308 e. The van der Waals surface area contributed by atoms with E-state index < -0.39 is 5.60 Å². The lowest BCUT2D eigenvalue weighted by Crippen LogP contribution is -2.30. The first kappa shape index (κ1) is 55.9. The molecule has 0 aliphatic heterocycles. The van der Waals surface area contributed by atoms with E-state index in [0.717, 1.165) is 141 Å². The molecule has 0 aliphatic carbocycles. The van der Waals surface area contributed by atoms with Crippen molar-refractivity contribution in [2.24, 2.45) is 11.8 Å². The molecule has 0 fully saturated rings. The van der Waals surface area contributed by atoms with Gasteiger partial charge in [-0.05, 0) is 103 Å². The summed E-state index contributed by atoms with van der Waals surface area (Å²) in [7, 11) is 0. The molecule has 0 heterocycles. The van der Waals surface area contributed by atoms with Crippen molar-refractivity contribution in [3.63, 3.8) is 0 Å². The molecule has 0 bridgehead atoms. The summed E-state index contributed by atoms with van der Waals surface area (Å²) < 4.78 is 11.7. The lowest BCUT2D eigenvalue weighted by Gasteiger charge is -2.29. The fraction of sp³-hybridized carbons (Fsp3) is 0.961. The third-order valence-corrected chi connectivity index (χ3v) is 12.3. The number of ether oxygens (including phenoxy) is 2. The van der Waals surface area contributed by atoms with E-state index in [9.17, 15) is 14.7 Å².